The lowest BCUT2D eigenvalue weighted by Crippen LogP contribution is -2.36. The van der Waals surface area contributed by atoms with E-state index in [2.05, 4.69) is 28.4 Å². The van der Waals surface area contributed by atoms with Gasteiger partial charge in [-0.05, 0) is 38.3 Å². The monoisotopic (exact) mass is 337 g/mol. The van der Waals surface area contributed by atoms with Crippen molar-refractivity contribution < 1.29 is 4.79 Å². The number of pyridine rings is 1. The van der Waals surface area contributed by atoms with E-state index in [1.54, 1.807) is 16.6 Å². The second-order valence-corrected chi connectivity index (χ2v) is 7.06. The third-order valence-corrected chi connectivity index (χ3v) is 4.99. The molecule has 1 saturated carbocycles. The van der Waals surface area contributed by atoms with E-state index in [-0.39, 0.29) is 11.9 Å². The predicted octanol–water partition coefficient (Wildman–Crippen LogP) is 3.11. The summed E-state index contributed by atoms with van der Waals surface area (Å²) >= 11 is 0. The zero-order valence-electron chi connectivity index (χ0n) is 14.5. The molecule has 2 aliphatic rings. The Hall–Kier alpha value is -2.63. The van der Waals surface area contributed by atoms with E-state index in [1.165, 1.54) is 24.8 Å². The first-order chi connectivity index (χ1) is 12.1. The number of hydrogen-bond donors (Lipinski definition) is 2. The van der Waals surface area contributed by atoms with E-state index < -0.39 is 0 Å². The van der Waals surface area contributed by atoms with Crippen LogP contribution in [0.4, 0.5) is 5.82 Å². The normalized spacial score (nSPS) is 18.3. The molecule has 0 saturated heterocycles. The number of carbonyl (C=O) groups excluding carboxylic acids is 1. The zero-order chi connectivity index (χ0) is 17.4. The van der Waals surface area contributed by atoms with Gasteiger partial charge < -0.3 is 11.1 Å². The van der Waals surface area contributed by atoms with Crippen molar-refractivity contribution >= 4 is 22.9 Å². The molecule has 0 spiro atoms. The van der Waals surface area contributed by atoms with Gasteiger partial charge >= 0.3 is 0 Å². The van der Waals surface area contributed by atoms with Gasteiger partial charge in [0.15, 0.2) is 11.5 Å². The van der Waals surface area contributed by atoms with Crippen LogP contribution in [0.25, 0.3) is 11.2 Å². The van der Waals surface area contributed by atoms with E-state index in [0.29, 0.717) is 22.9 Å². The van der Waals surface area contributed by atoms with Crippen LogP contribution < -0.4 is 11.1 Å². The predicted molar refractivity (Wildman–Crippen MR) is 98.1 cm³/mol. The summed E-state index contributed by atoms with van der Waals surface area (Å²) in [5.74, 6) is 1.02. The number of nitrogens with zero attached hydrogens (tertiary/aromatic N) is 3. The number of allylic oxidation sites excluding steroid dienone is 4. The SMILES string of the molecule is CC1=CC=C(c2nc3cc(C(=O)NC4CCCCC4)cc(N)n3n2)C1. The molecular formula is C19H23N5O. The summed E-state index contributed by atoms with van der Waals surface area (Å²) in [6, 6.07) is 3.71. The summed E-state index contributed by atoms with van der Waals surface area (Å²) < 4.78 is 1.60. The molecule has 0 unspecified atom stereocenters. The summed E-state index contributed by atoms with van der Waals surface area (Å²) in [6.45, 7) is 2.08. The molecule has 2 aliphatic carbocycles. The van der Waals surface area contributed by atoms with Gasteiger partial charge in [-0.2, -0.15) is 4.52 Å². The van der Waals surface area contributed by atoms with Gasteiger partial charge in [0.25, 0.3) is 5.91 Å². The van der Waals surface area contributed by atoms with Crippen molar-refractivity contribution in [2.24, 2.45) is 0 Å². The highest BCUT2D eigenvalue weighted by molar-refractivity contribution is 5.96. The first-order valence-electron chi connectivity index (χ1n) is 8.94. The minimum Gasteiger partial charge on any atom is -0.384 e. The quantitative estimate of drug-likeness (QED) is 0.901. The highest BCUT2D eigenvalue weighted by atomic mass is 16.1. The number of amides is 1. The van der Waals surface area contributed by atoms with Crippen LogP contribution in [0.1, 0.15) is 61.6 Å². The van der Waals surface area contributed by atoms with Crippen LogP contribution in [-0.4, -0.2) is 26.5 Å². The average Bonchev–Trinajstić information content (AvgIpc) is 3.22. The van der Waals surface area contributed by atoms with Crippen molar-refractivity contribution in [2.75, 3.05) is 5.73 Å². The summed E-state index contributed by atoms with van der Waals surface area (Å²) in [6.07, 6.45) is 10.7. The molecule has 130 valence electrons. The average molecular weight is 337 g/mol. The molecule has 4 rings (SSSR count). The molecule has 2 heterocycles. The van der Waals surface area contributed by atoms with Crippen molar-refractivity contribution in [1.29, 1.82) is 0 Å². The standard InChI is InChI=1S/C19H23N5O/c1-12-7-8-13(9-12)18-22-17-11-14(10-16(20)24(17)23-18)19(25)21-15-5-3-2-4-6-15/h7-8,10-11,15H,2-6,9,20H2,1H3,(H,21,25). The maximum atomic E-state index is 12.6. The van der Waals surface area contributed by atoms with Gasteiger partial charge in [0.05, 0.1) is 0 Å². The molecule has 6 nitrogen and oxygen atoms in total. The Bertz CT molecular complexity index is 887. The summed E-state index contributed by atoms with van der Waals surface area (Å²) in [5, 5.41) is 7.62. The van der Waals surface area contributed by atoms with Crippen LogP contribution in [-0.2, 0) is 0 Å². The van der Waals surface area contributed by atoms with Crippen LogP contribution in [0.3, 0.4) is 0 Å². The molecule has 0 atom stereocenters. The Balaban J connectivity index is 1.59. The van der Waals surface area contributed by atoms with Crippen LogP contribution in [0.15, 0.2) is 29.9 Å². The number of carbonyl (C=O) groups is 1. The van der Waals surface area contributed by atoms with Crippen molar-refractivity contribution in [2.45, 2.75) is 51.5 Å². The van der Waals surface area contributed by atoms with E-state index in [9.17, 15) is 4.79 Å². The second kappa shape index (κ2) is 6.35. The summed E-state index contributed by atoms with van der Waals surface area (Å²) in [4.78, 5) is 17.1. The highest BCUT2D eigenvalue weighted by Crippen LogP contribution is 2.26. The van der Waals surface area contributed by atoms with Crippen molar-refractivity contribution in [3.63, 3.8) is 0 Å². The van der Waals surface area contributed by atoms with Crippen molar-refractivity contribution in [3.8, 4) is 0 Å². The third kappa shape index (κ3) is 3.16. The lowest BCUT2D eigenvalue weighted by molar-refractivity contribution is 0.0927. The van der Waals surface area contributed by atoms with Crippen LogP contribution >= 0.6 is 0 Å². The molecule has 2 aromatic rings. The van der Waals surface area contributed by atoms with E-state index in [0.717, 1.165) is 24.8 Å². The Kier molecular flexibility index (Phi) is 4.03. The fourth-order valence-corrected chi connectivity index (χ4v) is 3.61. The van der Waals surface area contributed by atoms with Crippen LogP contribution in [0.2, 0.25) is 0 Å². The number of anilines is 1. The number of hydrogen-bond acceptors (Lipinski definition) is 4. The minimum absolute atomic E-state index is 0.0803. The molecule has 2 aromatic heterocycles. The number of nitrogens with two attached hydrogens (primary N) is 1. The van der Waals surface area contributed by atoms with Gasteiger partial charge in [-0.1, -0.05) is 37.0 Å². The van der Waals surface area contributed by atoms with E-state index in [4.69, 9.17) is 5.73 Å². The summed E-state index contributed by atoms with van der Waals surface area (Å²) in [7, 11) is 0. The Morgan fingerprint density at radius 2 is 2.04 bits per heavy atom. The largest absolute Gasteiger partial charge is 0.384 e. The second-order valence-electron chi connectivity index (χ2n) is 7.06. The Morgan fingerprint density at radius 1 is 1.24 bits per heavy atom. The number of rotatable bonds is 3. The van der Waals surface area contributed by atoms with Crippen LogP contribution in [0, 0.1) is 0 Å². The fourth-order valence-electron chi connectivity index (χ4n) is 3.61. The van der Waals surface area contributed by atoms with Crippen molar-refractivity contribution in [1.82, 2.24) is 19.9 Å². The van der Waals surface area contributed by atoms with Crippen LogP contribution in [0.5, 0.6) is 0 Å². The van der Waals surface area contributed by atoms with Gasteiger partial charge in [-0.15, -0.1) is 5.10 Å². The number of fused-ring (bicyclic) bond motifs is 1. The van der Waals surface area contributed by atoms with Gasteiger partial charge in [-0.25, -0.2) is 4.98 Å². The summed E-state index contributed by atoms with van der Waals surface area (Å²) in [5.41, 5.74) is 9.63. The Labute approximate surface area is 146 Å². The van der Waals surface area contributed by atoms with Gasteiger partial charge in [0.1, 0.15) is 5.82 Å². The highest BCUT2D eigenvalue weighted by Gasteiger charge is 2.19. The molecule has 0 aliphatic heterocycles. The fraction of sp³-hybridized carbons (Fsp3) is 0.421. The number of nitrogens with one attached hydrogen (secondary N) is 1. The topological polar surface area (TPSA) is 85.3 Å². The van der Waals surface area contributed by atoms with Gasteiger partial charge in [-0.3, -0.25) is 4.79 Å². The maximum Gasteiger partial charge on any atom is 0.251 e. The maximum absolute atomic E-state index is 12.6. The number of aromatic nitrogens is 3. The first-order valence-corrected chi connectivity index (χ1v) is 8.94. The minimum atomic E-state index is -0.0803. The molecule has 1 fully saturated rings. The molecule has 0 aromatic carbocycles. The Morgan fingerprint density at radius 3 is 2.76 bits per heavy atom. The smallest absolute Gasteiger partial charge is 0.251 e. The van der Waals surface area contributed by atoms with Gasteiger partial charge in [0, 0.05) is 17.2 Å². The molecular weight excluding hydrogens is 314 g/mol. The van der Waals surface area contributed by atoms with E-state index >= 15 is 0 Å². The van der Waals surface area contributed by atoms with Crippen molar-refractivity contribution in [3.05, 3.63) is 41.2 Å². The zero-order valence-corrected chi connectivity index (χ0v) is 14.5. The molecule has 6 heteroatoms. The molecule has 1 amide bonds. The van der Waals surface area contributed by atoms with E-state index in [1.807, 2.05) is 6.08 Å². The molecule has 3 N–H and O–H groups in total. The molecule has 25 heavy (non-hydrogen) atoms. The number of nitrogen functional groups attached to an aromatic ring is 1. The third-order valence-electron chi connectivity index (χ3n) is 4.99. The molecule has 0 radical (unpaired) electrons. The lowest BCUT2D eigenvalue weighted by atomic mass is 9.95. The molecule has 0 bridgehead atoms. The first kappa shape index (κ1) is 15.9. The van der Waals surface area contributed by atoms with Gasteiger partial charge in [0.2, 0.25) is 0 Å². The lowest BCUT2D eigenvalue weighted by Gasteiger charge is -2.22.